The first-order valence-corrected chi connectivity index (χ1v) is 5.27. The van der Waals surface area contributed by atoms with Crippen molar-refractivity contribution in [2.24, 2.45) is 0 Å². The number of hydrogen-bond acceptors (Lipinski definition) is 4. The van der Waals surface area contributed by atoms with E-state index in [1.54, 1.807) is 0 Å². The highest BCUT2D eigenvalue weighted by atomic mass is 16.9. The minimum atomic E-state index is -0.907. The fraction of sp³-hybridized carbons (Fsp3) is 0.545. The third-order valence-corrected chi connectivity index (χ3v) is 2.33. The predicted molar refractivity (Wildman–Crippen MR) is 54.1 cm³/mol. The number of aromatic nitrogens is 1. The first-order chi connectivity index (χ1) is 7.87. The highest BCUT2D eigenvalue weighted by Crippen LogP contribution is 2.17. The molecule has 0 atom stereocenters. The van der Waals surface area contributed by atoms with E-state index in [1.807, 2.05) is 42.1 Å². The largest absolute Gasteiger partial charge is 0.419 e. The van der Waals surface area contributed by atoms with Crippen LogP contribution in [-0.4, -0.2) is 26.8 Å². The van der Waals surface area contributed by atoms with Crippen LogP contribution in [0.3, 0.4) is 0 Å². The molecule has 0 radical (unpaired) electrons. The van der Waals surface area contributed by atoms with E-state index in [4.69, 9.17) is 18.9 Å². The molecule has 2 rings (SSSR count). The van der Waals surface area contributed by atoms with Crippen molar-refractivity contribution in [1.29, 1.82) is 0 Å². The fourth-order valence-electron chi connectivity index (χ4n) is 1.51. The van der Waals surface area contributed by atoms with E-state index in [0.29, 0.717) is 13.2 Å². The van der Waals surface area contributed by atoms with E-state index in [2.05, 4.69) is 0 Å². The lowest BCUT2D eigenvalue weighted by Gasteiger charge is -2.30. The Morgan fingerprint density at radius 1 is 1.19 bits per heavy atom. The van der Waals surface area contributed by atoms with Gasteiger partial charge in [0.05, 0.1) is 0 Å². The summed E-state index contributed by atoms with van der Waals surface area (Å²) >= 11 is 0. The maximum atomic E-state index is 5.55. The molecular formula is C11H16NO4+. The molecule has 1 aliphatic rings. The molecule has 0 unspecified atom stereocenters. The topological polar surface area (TPSA) is 40.8 Å². The van der Waals surface area contributed by atoms with E-state index < -0.39 is 5.91 Å². The molecule has 88 valence electrons. The standard InChI is InChI=1S/C11H16NO4/c1-2-13-8-11(15-9-14-10-16-11)12-6-4-3-5-7-12/h3-7H,2,8-10H2,1H3/q+1. The van der Waals surface area contributed by atoms with Gasteiger partial charge in [0.25, 0.3) is 0 Å². The van der Waals surface area contributed by atoms with Crippen molar-refractivity contribution in [3.63, 3.8) is 0 Å². The minimum absolute atomic E-state index is 0.203. The van der Waals surface area contributed by atoms with Gasteiger partial charge in [-0.05, 0) is 6.92 Å². The number of nitrogens with zero attached hydrogens (tertiary/aromatic N) is 1. The van der Waals surface area contributed by atoms with Crippen LogP contribution in [0.4, 0.5) is 0 Å². The maximum Gasteiger partial charge on any atom is 0.419 e. The molecule has 0 amide bonds. The predicted octanol–water partition coefficient (Wildman–Crippen LogP) is 0.599. The average molecular weight is 226 g/mol. The Kier molecular flexibility index (Phi) is 3.84. The van der Waals surface area contributed by atoms with E-state index >= 15 is 0 Å². The summed E-state index contributed by atoms with van der Waals surface area (Å²) in [5.41, 5.74) is 0. The smallest absolute Gasteiger partial charge is 0.368 e. The molecule has 1 fully saturated rings. The molecule has 1 aliphatic heterocycles. The summed E-state index contributed by atoms with van der Waals surface area (Å²) in [6.07, 6.45) is 3.76. The Balaban J connectivity index is 2.19. The molecule has 0 aliphatic carbocycles. The molecule has 0 spiro atoms. The zero-order valence-electron chi connectivity index (χ0n) is 9.30. The molecule has 5 nitrogen and oxygen atoms in total. The second-order valence-electron chi connectivity index (χ2n) is 3.36. The van der Waals surface area contributed by atoms with Gasteiger partial charge in [-0.25, -0.2) is 0 Å². The summed E-state index contributed by atoms with van der Waals surface area (Å²) in [5, 5.41) is 0. The van der Waals surface area contributed by atoms with Crippen LogP contribution in [-0.2, 0) is 24.9 Å². The summed E-state index contributed by atoms with van der Waals surface area (Å²) in [7, 11) is 0. The Morgan fingerprint density at radius 3 is 2.50 bits per heavy atom. The Labute approximate surface area is 94.5 Å². The van der Waals surface area contributed by atoms with Crippen LogP contribution in [0.5, 0.6) is 0 Å². The second-order valence-corrected chi connectivity index (χ2v) is 3.36. The molecule has 5 heteroatoms. The molecule has 1 aromatic rings. The Bertz CT molecular complexity index is 311. The summed E-state index contributed by atoms with van der Waals surface area (Å²) < 4.78 is 23.4. The van der Waals surface area contributed by atoms with Crippen LogP contribution < -0.4 is 4.57 Å². The molecule has 0 N–H and O–H groups in total. The van der Waals surface area contributed by atoms with Crippen molar-refractivity contribution in [3.05, 3.63) is 30.6 Å². The quantitative estimate of drug-likeness (QED) is 0.705. The number of hydrogen-bond donors (Lipinski definition) is 0. The Hall–Kier alpha value is -1.01. The van der Waals surface area contributed by atoms with Crippen molar-refractivity contribution < 1.29 is 23.5 Å². The second kappa shape index (κ2) is 5.36. The number of rotatable bonds is 4. The lowest BCUT2D eigenvalue weighted by atomic mass is 10.4. The summed E-state index contributed by atoms with van der Waals surface area (Å²) in [6, 6.07) is 5.76. The van der Waals surface area contributed by atoms with Crippen LogP contribution in [0.25, 0.3) is 0 Å². The fourth-order valence-corrected chi connectivity index (χ4v) is 1.51. The van der Waals surface area contributed by atoms with Gasteiger partial charge in [0, 0.05) is 18.7 Å². The van der Waals surface area contributed by atoms with Crippen molar-refractivity contribution in [2.75, 3.05) is 26.8 Å². The van der Waals surface area contributed by atoms with Crippen LogP contribution in [0.2, 0.25) is 0 Å². The van der Waals surface area contributed by atoms with Crippen LogP contribution in [0.15, 0.2) is 30.6 Å². The van der Waals surface area contributed by atoms with E-state index in [-0.39, 0.29) is 13.6 Å². The zero-order valence-corrected chi connectivity index (χ0v) is 9.30. The van der Waals surface area contributed by atoms with Crippen LogP contribution >= 0.6 is 0 Å². The Morgan fingerprint density at radius 2 is 1.88 bits per heavy atom. The van der Waals surface area contributed by atoms with Gasteiger partial charge in [-0.2, -0.15) is 0 Å². The number of pyridine rings is 1. The van der Waals surface area contributed by atoms with Crippen molar-refractivity contribution >= 4 is 0 Å². The monoisotopic (exact) mass is 226 g/mol. The molecule has 2 heterocycles. The highest BCUT2D eigenvalue weighted by molar-refractivity contribution is 4.84. The summed E-state index contributed by atoms with van der Waals surface area (Å²) in [6.45, 7) is 3.29. The van der Waals surface area contributed by atoms with Crippen LogP contribution in [0, 0.1) is 0 Å². The summed E-state index contributed by atoms with van der Waals surface area (Å²) in [5.74, 6) is -0.907. The summed E-state index contributed by atoms with van der Waals surface area (Å²) in [4.78, 5) is 0. The van der Waals surface area contributed by atoms with Gasteiger partial charge in [0.15, 0.2) is 32.6 Å². The van der Waals surface area contributed by atoms with Crippen LogP contribution in [0.1, 0.15) is 6.92 Å². The molecular weight excluding hydrogens is 210 g/mol. The average Bonchev–Trinajstić information content (AvgIpc) is 2.38. The normalized spacial score (nSPS) is 19.6. The van der Waals surface area contributed by atoms with E-state index in [0.717, 1.165) is 0 Å². The van der Waals surface area contributed by atoms with Gasteiger partial charge in [0.1, 0.15) is 0 Å². The van der Waals surface area contributed by atoms with Gasteiger partial charge in [0.2, 0.25) is 0 Å². The van der Waals surface area contributed by atoms with Gasteiger partial charge >= 0.3 is 5.91 Å². The maximum absolute atomic E-state index is 5.55. The van der Waals surface area contributed by atoms with E-state index in [9.17, 15) is 0 Å². The lowest BCUT2D eigenvalue weighted by molar-refractivity contribution is -0.870. The van der Waals surface area contributed by atoms with Crippen molar-refractivity contribution in [1.82, 2.24) is 0 Å². The molecule has 0 bridgehead atoms. The molecule has 0 saturated carbocycles. The third kappa shape index (κ3) is 2.38. The van der Waals surface area contributed by atoms with E-state index in [1.165, 1.54) is 0 Å². The SMILES string of the molecule is CCOCC1([n+]2ccccc2)OCOCO1. The molecule has 0 aromatic carbocycles. The van der Waals surface area contributed by atoms with Gasteiger partial charge in [-0.15, -0.1) is 4.57 Å². The molecule has 16 heavy (non-hydrogen) atoms. The third-order valence-electron chi connectivity index (χ3n) is 2.33. The first-order valence-electron chi connectivity index (χ1n) is 5.27. The van der Waals surface area contributed by atoms with Gasteiger partial charge in [-0.1, -0.05) is 6.07 Å². The van der Waals surface area contributed by atoms with Crippen molar-refractivity contribution in [3.8, 4) is 0 Å². The number of ether oxygens (including phenoxy) is 4. The zero-order chi connectivity index (χ0) is 11.3. The van der Waals surface area contributed by atoms with Crippen molar-refractivity contribution in [2.45, 2.75) is 12.8 Å². The highest BCUT2D eigenvalue weighted by Gasteiger charge is 2.46. The van der Waals surface area contributed by atoms with Gasteiger partial charge < -0.3 is 9.47 Å². The lowest BCUT2D eigenvalue weighted by Crippen LogP contribution is -2.64. The first kappa shape index (κ1) is 11.5. The van der Waals surface area contributed by atoms with Gasteiger partial charge in [-0.3, -0.25) is 9.47 Å². The minimum Gasteiger partial charge on any atom is -0.368 e. The molecule has 1 saturated heterocycles. The molecule has 1 aromatic heterocycles.